The van der Waals surface area contributed by atoms with E-state index in [0.717, 1.165) is 38.5 Å². The van der Waals surface area contributed by atoms with Crippen molar-refractivity contribution in [2.24, 2.45) is 5.41 Å². The highest BCUT2D eigenvalue weighted by molar-refractivity contribution is 14.2. The Balaban J connectivity index is 2.42. The second-order valence-electron chi connectivity index (χ2n) is 4.60. The zero-order valence-corrected chi connectivity index (χ0v) is 12.7. The number of carboxylic acids is 1. The Labute approximate surface area is 118 Å². The van der Waals surface area contributed by atoms with Crippen molar-refractivity contribution in [3.05, 3.63) is 0 Å². The van der Waals surface area contributed by atoms with Gasteiger partial charge in [0.1, 0.15) is 0 Å². The maximum Gasteiger partial charge on any atom is 0.303 e. The summed E-state index contributed by atoms with van der Waals surface area (Å²) in [6.45, 7) is 0. The minimum Gasteiger partial charge on any atom is -0.481 e. The van der Waals surface area contributed by atoms with Crippen LogP contribution in [0.3, 0.4) is 0 Å². The van der Waals surface area contributed by atoms with Crippen LogP contribution in [0.1, 0.15) is 51.4 Å². The van der Waals surface area contributed by atoms with Gasteiger partial charge in [-0.15, -0.1) is 0 Å². The summed E-state index contributed by atoms with van der Waals surface area (Å²) in [4.78, 5) is 22.5. The number of nitrogens with one attached hydrogen (secondary N) is 1. The Bertz CT molecular complexity index is 280. The van der Waals surface area contributed by atoms with Crippen LogP contribution in [0, 0.1) is 5.41 Å². The molecule has 0 atom stereocenters. The fourth-order valence-electron chi connectivity index (χ4n) is 2.53. The monoisotopic (exact) mass is 371 g/mol. The van der Waals surface area contributed by atoms with Gasteiger partial charge in [-0.2, -0.15) is 0 Å². The third-order valence-corrected chi connectivity index (χ3v) is 4.39. The van der Waals surface area contributed by atoms with Crippen LogP contribution in [0.4, 0.5) is 0 Å². The van der Waals surface area contributed by atoms with E-state index in [0.29, 0.717) is 6.42 Å². The van der Waals surface area contributed by atoms with Gasteiger partial charge < -0.3 is 5.11 Å². The van der Waals surface area contributed by atoms with Crippen molar-refractivity contribution >= 4 is 42.2 Å². The molecule has 0 unspecified atom stereocenters. The van der Waals surface area contributed by atoms with Gasteiger partial charge in [-0.3, -0.25) is 14.3 Å². The number of halogens is 1. The standard InChI is InChI=1S/C11H18INO3S/c12-17-13-10(16)11(7-3-4-8-11)6-2-1-5-9(14)15/h1-8H2,(H,13,16)(H,14,15). The van der Waals surface area contributed by atoms with Gasteiger partial charge in [-0.1, -0.05) is 19.3 Å². The molecule has 0 heterocycles. The number of aliphatic carboxylic acids is 1. The van der Waals surface area contributed by atoms with Crippen LogP contribution in [0.25, 0.3) is 0 Å². The molecule has 1 rings (SSSR count). The molecule has 1 aliphatic rings. The lowest BCUT2D eigenvalue weighted by Gasteiger charge is -2.26. The summed E-state index contributed by atoms with van der Waals surface area (Å²) >= 11 is 2.06. The molecule has 0 aromatic carbocycles. The van der Waals surface area contributed by atoms with E-state index >= 15 is 0 Å². The van der Waals surface area contributed by atoms with Crippen LogP contribution in [0.2, 0.25) is 0 Å². The molecule has 0 radical (unpaired) electrons. The normalized spacial score (nSPS) is 17.9. The van der Waals surface area contributed by atoms with Crippen LogP contribution in [0.15, 0.2) is 0 Å². The molecule has 98 valence electrons. The molecule has 0 bridgehead atoms. The summed E-state index contributed by atoms with van der Waals surface area (Å²) < 4.78 is 2.83. The van der Waals surface area contributed by atoms with Gasteiger partial charge in [0.05, 0.1) is 5.41 Å². The zero-order valence-electron chi connectivity index (χ0n) is 9.71. The van der Waals surface area contributed by atoms with Crippen molar-refractivity contribution < 1.29 is 14.7 Å². The van der Waals surface area contributed by atoms with Crippen LogP contribution >= 0.6 is 30.3 Å². The highest BCUT2D eigenvalue weighted by Crippen LogP contribution is 2.43. The first kappa shape index (κ1) is 15.1. The molecule has 0 aromatic heterocycles. The molecule has 0 aromatic rings. The molecule has 0 spiro atoms. The van der Waals surface area contributed by atoms with Crippen molar-refractivity contribution in [3.63, 3.8) is 0 Å². The lowest BCUT2D eigenvalue weighted by Crippen LogP contribution is -2.35. The molecule has 1 amide bonds. The average molecular weight is 371 g/mol. The first-order chi connectivity index (χ1) is 8.10. The third kappa shape index (κ3) is 4.65. The maximum atomic E-state index is 12.0. The SMILES string of the molecule is O=C(O)CCCCC1(C(=O)NSI)CCCC1. The molecular weight excluding hydrogens is 353 g/mol. The number of amides is 1. The Kier molecular flexibility index (Phi) is 6.61. The summed E-state index contributed by atoms with van der Waals surface area (Å²) in [6, 6.07) is 0. The fraction of sp³-hybridized carbons (Fsp3) is 0.818. The Hall–Kier alpha value is 0.0200. The predicted octanol–water partition coefficient (Wildman–Crippen LogP) is 3.31. The quantitative estimate of drug-likeness (QED) is 0.409. The number of hydrogen-bond acceptors (Lipinski definition) is 3. The summed E-state index contributed by atoms with van der Waals surface area (Å²) in [5, 5.41) is 8.58. The van der Waals surface area contributed by atoms with Crippen molar-refractivity contribution in [2.75, 3.05) is 0 Å². The molecular formula is C11H18INO3S. The number of carbonyl (C=O) groups excluding carboxylic acids is 1. The van der Waals surface area contributed by atoms with E-state index in [-0.39, 0.29) is 17.7 Å². The largest absolute Gasteiger partial charge is 0.481 e. The van der Waals surface area contributed by atoms with E-state index in [1.165, 1.54) is 9.12 Å². The maximum absolute atomic E-state index is 12.0. The Morgan fingerprint density at radius 1 is 1.29 bits per heavy atom. The second kappa shape index (κ2) is 7.45. The number of rotatable bonds is 7. The number of hydrogen-bond donors (Lipinski definition) is 2. The highest BCUT2D eigenvalue weighted by Gasteiger charge is 2.40. The lowest BCUT2D eigenvalue weighted by atomic mass is 9.80. The lowest BCUT2D eigenvalue weighted by molar-refractivity contribution is -0.137. The second-order valence-corrected chi connectivity index (χ2v) is 6.28. The molecule has 1 fully saturated rings. The molecule has 0 saturated heterocycles. The van der Waals surface area contributed by atoms with Crippen molar-refractivity contribution in [1.29, 1.82) is 0 Å². The van der Waals surface area contributed by atoms with Gasteiger partial charge in [0.25, 0.3) is 0 Å². The van der Waals surface area contributed by atoms with Gasteiger partial charge >= 0.3 is 5.97 Å². The number of carbonyl (C=O) groups is 2. The van der Waals surface area contributed by atoms with Crippen molar-refractivity contribution in [3.8, 4) is 0 Å². The van der Waals surface area contributed by atoms with Gasteiger partial charge in [-0.25, -0.2) is 0 Å². The third-order valence-electron chi connectivity index (χ3n) is 3.47. The molecule has 17 heavy (non-hydrogen) atoms. The molecule has 4 nitrogen and oxygen atoms in total. The topological polar surface area (TPSA) is 66.4 Å². The van der Waals surface area contributed by atoms with Crippen LogP contribution < -0.4 is 4.72 Å². The predicted molar refractivity (Wildman–Crippen MR) is 76.8 cm³/mol. The summed E-state index contributed by atoms with van der Waals surface area (Å²) in [5.74, 6) is -0.623. The first-order valence-corrected chi connectivity index (χ1v) is 9.26. The Morgan fingerprint density at radius 3 is 2.47 bits per heavy atom. The van der Waals surface area contributed by atoms with Gasteiger partial charge in [0, 0.05) is 36.7 Å². The van der Waals surface area contributed by atoms with E-state index in [9.17, 15) is 9.59 Å². The number of unbranched alkanes of at least 4 members (excludes halogenated alkanes) is 1. The van der Waals surface area contributed by atoms with Gasteiger partial charge in [-0.05, 0) is 25.7 Å². The Morgan fingerprint density at radius 2 is 1.94 bits per heavy atom. The van der Waals surface area contributed by atoms with E-state index < -0.39 is 5.97 Å². The van der Waals surface area contributed by atoms with Gasteiger partial charge in [0.2, 0.25) is 5.91 Å². The van der Waals surface area contributed by atoms with Crippen molar-refractivity contribution in [1.82, 2.24) is 4.72 Å². The fourth-order valence-corrected chi connectivity index (χ4v) is 3.41. The minimum atomic E-state index is -0.752. The zero-order chi connectivity index (χ0) is 12.7. The summed E-state index contributed by atoms with van der Waals surface area (Å²) in [5.41, 5.74) is -0.226. The van der Waals surface area contributed by atoms with Crippen LogP contribution in [-0.4, -0.2) is 17.0 Å². The minimum absolute atomic E-state index is 0.129. The van der Waals surface area contributed by atoms with E-state index in [2.05, 4.69) is 25.9 Å². The number of carboxylic acid groups (broad SMARTS) is 1. The van der Waals surface area contributed by atoms with Crippen LogP contribution in [-0.2, 0) is 9.59 Å². The molecule has 6 heteroatoms. The van der Waals surface area contributed by atoms with Crippen LogP contribution in [0.5, 0.6) is 0 Å². The van der Waals surface area contributed by atoms with Gasteiger partial charge in [0.15, 0.2) is 0 Å². The molecule has 1 aliphatic carbocycles. The first-order valence-electron chi connectivity index (χ1n) is 5.90. The molecule has 2 N–H and O–H groups in total. The average Bonchev–Trinajstić information content (AvgIpc) is 2.74. The summed E-state index contributed by atoms with van der Waals surface area (Å²) in [6.07, 6.45) is 6.64. The van der Waals surface area contributed by atoms with E-state index in [4.69, 9.17) is 5.11 Å². The van der Waals surface area contributed by atoms with Crippen molar-refractivity contribution in [2.45, 2.75) is 51.4 Å². The smallest absolute Gasteiger partial charge is 0.303 e. The van der Waals surface area contributed by atoms with E-state index in [1.807, 2.05) is 0 Å². The molecule has 1 saturated carbocycles. The highest BCUT2D eigenvalue weighted by atomic mass is 127. The molecule has 0 aliphatic heterocycles. The summed E-state index contributed by atoms with van der Waals surface area (Å²) in [7, 11) is 1.32. The van der Waals surface area contributed by atoms with E-state index in [1.54, 1.807) is 0 Å².